The molecular weight excluding hydrogens is 1330 g/mol. The normalized spacial score (nSPS) is 15.0. The van der Waals surface area contributed by atoms with Crippen LogP contribution in [0.15, 0.2) is 194 Å². The molecule has 19 heteroatoms. The fraction of sp³-hybridized carbons (Fsp3) is 0.566. The van der Waals surface area contributed by atoms with Crippen molar-refractivity contribution in [3.63, 3.8) is 0 Å². The van der Waals surface area contributed by atoms with E-state index in [1.54, 1.807) is 6.08 Å². The number of phosphoric ester groups is 2. The van der Waals surface area contributed by atoms with Gasteiger partial charge in [0.1, 0.15) is 19.3 Å². The Morgan fingerprint density at radius 2 is 0.569 bits per heavy atom. The van der Waals surface area contributed by atoms with Gasteiger partial charge in [-0.1, -0.05) is 267 Å². The Labute approximate surface area is 615 Å². The van der Waals surface area contributed by atoms with Gasteiger partial charge >= 0.3 is 39.5 Å². The average molecular weight is 1460 g/mol. The Morgan fingerprint density at radius 1 is 0.294 bits per heavy atom. The van der Waals surface area contributed by atoms with Crippen LogP contribution in [0, 0.1) is 0 Å². The van der Waals surface area contributed by atoms with Gasteiger partial charge in [0, 0.05) is 19.3 Å². The third kappa shape index (κ3) is 72.3. The van der Waals surface area contributed by atoms with Crippen molar-refractivity contribution >= 4 is 39.5 Å². The minimum absolute atomic E-state index is 0.0234. The lowest BCUT2D eigenvalue weighted by molar-refractivity contribution is -0.161. The number of rotatable bonds is 68. The van der Waals surface area contributed by atoms with E-state index in [9.17, 15) is 43.2 Å². The zero-order valence-electron chi connectivity index (χ0n) is 62.4. The maximum absolute atomic E-state index is 13.1. The Hall–Kier alpha value is -6.10. The monoisotopic (exact) mass is 1460 g/mol. The highest BCUT2D eigenvalue weighted by Gasteiger charge is 2.30. The van der Waals surface area contributed by atoms with E-state index in [1.807, 2.05) is 36.5 Å². The number of carbonyl (C=O) groups excluding carboxylic acids is 4. The number of carbonyl (C=O) groups is 4. The highest BCUT2D eigenvalue weighted by molar-refractivity contribution is 7.47. The number of hydrogen-bond acceptors (Lipinski definition) is 15. The fourth-order valence-corrected chi connectivity index (χ4v) is 10.5. The summed E-state index contributed by atoms with van der Waals surface area (Å²) in [6.45, 7) is 4.18. The van der Waals surface area contributed by atoms with Crippen LogP contribution in [0.2, 0.25) is 0 Å². The van der Waals surface area contributed by atoms with E-state index in [1.165, 1.54) is 0 Å². The molecule has 5 atom stereocenters. The molecule has 102 heavy (non-hydrogen) atoms. The van der Waals surface area contributed by atoms with Crippen LogP contribution in [0.1, 0.15) is 246 Å². The Balaban J connectivity index is 5.52. The van der Waals surface area contributed by atoms with Gasteiger partial charge in [-0.15, -0.1) is 0 Å². The molecule has 0 heterocycles. The van der Waals surface area contributed by atoms with Gasteiger partial charge in [0.2, 0.25) is 0 Å². The molecule has 0 saturated heterocycles. The van der Waals surface area contributed by atoms with Gasteiger partial charge in [-0.05, 0) is 148 Å². The quantitative estimate of drug-likeness (QED) is 0.0169. The molecule has 0 radical (unpaired) electrons. The van der Waals surface area contributed by atoms with Crippen molar-refractivity contribution in [1.29, 1.82) is 0 Å². The van der Waals surface area contributed by atoms with E-state index < -0.39 is 97.5 Å². The number of phosphoric acid groups is 2. The van der Waals surface area contributed by atoms with Gasteiger partial charge in [0.25, 0.3) is 0 Å². The largest absolute Gasteiger partial charge is 0.472 e. The molecule has 5 unspecified atom stereocenters. The number of allylic oxidation sites excluding steroid dienone is 31. The molecule has 0 fully saturated rings. The van der Waals surface area contributed by atoms with Gasteiger partial charge in [-0.2, -0.15) is 0 Å². The minimum atomic E-state index is -5.01. The Morgan fingerprint density at radius 3 is 0.912 bits per heavy atom. The number of ether oxygens (including phenoxy) is 4. The summed E-state index contributed by atoms with van der Waals surface area (Å²) in [5, 5.41) is 10.6. The van der Waals surface area contributed by atoms with Crippen LogP contribution < -0.4 is 0 Å². The van der Waals surface area contributed by atoms with E-state index in [0.29, 0.717) is 32.1 Å². The van der Waals surface area contributed by atoms with Crippen LogP contribution in [-0.4, -0.2) is 96.7 Å². The fourth-order valence-electron chi connectivity index (χ4n) is 8.96. The van der Waals surface area contributed by atoms with Gasteiger partial charge in [0.15, 0.2) is 12.2 Å². The summed E-state index contributed by atoms with van der Waals surface area (Å²) in [6.07, 6.45) is 89.0. The molecule has 0 spiro atoms. The lowest BCUT2D eigenvalue weighted by Gasteiger charge is -2.21. The third-order valence-electron chi connectivity index (χ3n) is 14.6. The van der Waals surface area contributed by atoms with Crippen molar-refractivity contribution in [1.82, 2.24) is 0 Å². The number of aliphatic hydroxyl groups is 1. The van der Waals surface area contributed by atoms with Crippen molar-refractivity contribution in [2.45, 2.75) is 264 Å². The molecule has 0 rings (SSSR count). The summed E-state index contributed by atoms with van der Waals surface area (Å²) in [4.78, 5) is 72.8. The van der Waals surface area contributed by atoms with Crippen molar-refractivity contribution < 1.29 is 80.2 Å². The van der Waals surface area contributed by atoms with Crippen molar-refractivity contribution in [3.05, 3.63) is 194 Å². The molecular formula is C83H130O17P2. The molecule has 0 bridgehead atoms. The van der Waals surface area contributed by atoms with Gasteiger partial charge in [-0.3, -0.25) is 37.3 Å². The molecule has 3 N–H and O–H groups in total. The summed E-state index contributed by atoms with van der Waals surface area (Å²) in [6, 6.07) is 0. The predicted molar refractivity (Wildman–Crippen MR) is 417 cm³/mol. The standard InChI is InChI=1S/C83H130O17P2/c1-5-9-13-17-21-25-29-33-36-37-38-39-42-45-48-52-56-60-64-68-81(86)94-73-78(99-82(87)69-65-61-57-53-49-43-32-28-24-20-16-12-8-4)75-97-101(89,90)95-71-77(84)72-96-102(91,92)98-76-79(100-83(88)70-66-62-58-54-50-46-41-35-31-27-23-19-15-11-7-3)74-93-80(85)67-63-59-55-51-47-44-40-34-30-26-22-18-14-10-6-2/h9-11,13-16,20-23,25-28,32-36,38-41,45,47-48,51,56,59-60,63,77-79,84H,5-8,12,17-19,24,29-31,37,42-44,46,49-50,52-55,57-58,61-62,64-76H2,1-4H3,(H,89,90)(H,91,92)/b13-9-,14-10-,15-11-,20-16-,25-21-,26-22-,27-23-,32-28-,36-33-,39-38-,40-34-,41-35-,48-45-,51-47-,60-56-,63-59-. The molecule has 0 aliphatic rings. The Kier molecular flexibility index (Phi) is 68.8. The minimum Gasteiger partial charge on any atom is -0.462 e. The summed E-state index contributed by atoms with van der Waals surface area (Å²) < 4.78 is 68.2. The second kappa shape index (κ2) is 73.2. The third-order valence-corrected chi connectivity index (χ3v) is 16.5. The highest BCUT2D eigenvalue weighted by Crippen LogP contribution is 2.45. The van der Waals surface area contributed by atoms with Crippen LogP contribution in [0.3, 0.4) is 0 Å². The summed E-state index contributed by atoms with van der Waals surface area (Å²) in [5.74, 6) is -2.48. The molecule has 0 aromatic rings. The zero-order chi connectivity index (χ0) is 74.6. The second-order valence-electron chi connectivity index (χ2n) is 24.1. The summed E-state index contributed by atoms with van der Waals surface area (Å²) in [7, 11) is -10.0. The molecule has 0 aromatic carbocycles. The first-order valence-corrected chi connectivity index (χ1v) is 40.7. The second-order valence-corrected chi connectivity index (χ2v) is 27.0. The maximum Gasteiger partial charge on any atom is 0.472 e. The van der Waals surface area contributed by atoms with E-state index in [4.69, 9.17) is 37.0 Å². The lowest BCUT2D eigenvalue weighted by Crippen LogP contribution is -2.30. The first-order chi connectivity index (χ1) is 49.7. The number of aliphatic hydroxyl groups excluding tert-OH is 1. The average Bonchev–Trinajstić information content (AvgIpc) is 0.908. The van der Waals surface area contributed by atoms with Crippen LogP contribution in [-0.2, 0) is 65.4 Å². The highest BCUT2D eigenvalue weighted by atomic mass is 31.2. The van der Waals surface area contributed by atoms with E-state index >= 15 is 0 Å². The Bertz CT molecular complexity index is 2700. The van der Waals surface area contributed by atoms with Gasteiger partial charge in [-0.25, -0.2) is 9.13 Å². The molecule has 17 nitrogen and oxygen atoms in total. The van der Waals surface area contributed by atoms with Gasteiger partial charge < -0.3 is 33.8 Å². The molecule has 0 aromatic heterocycles. The zero-order valence-corrected chi connectivity index (χ0v) is 64.2. The van der Waals surface area contributed by atoms with Crippen molar-refractivity contribution in [2.24, 2.45) is 0 Å². The van der Waals surface area contributed by atoms with Crippen LogP contribution in [0.25, 0.3) is 0 Å². The number of esters is 4. The number of unbranched alkanes of at least 4 members (excludes halogenated alkanes) is 11. The number of hydrogen-bond donors (Lipinski definition) is 3. The SMILES string of the molecule is CC/C=C\C/C=C\C/C=C\C/C=C\C/C=C\C/C=C\CCC(=O)OCC(COP(=O)(O)OCC(O)COP(=O)(O)OCC(COC(=O)C/C=C\C/C=C\C/C=C\C/C=C\C/C=C\CC)OC(=O)CCCCCCC/C=C\C/C=C\C/C=C\CC)OC(=O)CCCCCCC/C=C\C/C=C\CCC. The van der Waals surface area contributed by atoms with E-state index in [0.717, 1.165) is 161 Å². The van der Waals surface area contributed by atoms with Crippen LogP contribution in [0.5, 0.6) is 0 Å². The molecule has 0 amide bonds. The molecule has 0 aliphatic carbocycles. The van der Waals surface area contributed by atoms with Crippen molar-refractivity contribution in [2.75, 3.05) is 39.6 Å². The molecule has 574 valence electrons. The molecule has 0 aliphatic heterocycles. The topological polar surface area (TPSA) is 237 Å². The summed E-state index contributed by atoms with van der Waals surface area (Å²) in [5.41, 5.74) is 0. The summed E-state index contributed by atoms with van der Waals surface area (Å²) >= 11 is 0. The van der Waals surface area contributed by atoms with Crippen molar-refractivity contribution in [3.8, 4) is 0 Å². The van der Waals surface area contributed by atoms with E-state index in [-0.39, 0.29) is 25.7 Å². The van der Waals surface area contributed by atoms with Crippen LogP contribution >= 0.6 is 15.6 Å². The van der Waals surface area contributed by atoms with E-state index in [2.05, 4.69) is 180 Å². The maximum atomic E-state index is 13.1. The molecule has 0 saturated carbocycles. The smallest absolute Gasteiger partial charge is 0.462 e. The van der Waals surface area contributed by atoms with Crippen LogP contribution in [0.4, 0.5) is 0 Å². The predicted octanol–water partition coefficient (Wildman–Crippen LogP) is 21.8. The lowest BCUT2D eigenvalue weighted by atomic mass is 10.1. The first kappa shape index (κ1) is 95.9. The van der Waals surface area contributed by atoms with Gasteiger partial charge in [0.05, 0.1) is 32.8 Å². The first-order valence-electron chi connectivity index (χ1n) is 37.7.